The summed E-state index contributed by atoms with van der Waals surface area (Å²) < 4.78 is 0. The molecule has 0 fully saturated rings. The average Bonchev–Trinajstić information content (AvgIpc) is 3.18. The number of rotatable bonds is 4. The predicted octanol–water partition coefficient (Wildman–Crippen LogP) is 8.17. The summed E-state index contributed by atoms with van der Waals surface area (Å²) in [6.07, 6.45) is 4.46. The molecule has 0 amide bonds. The first-order valence-electron chi connectivity index (χ1n) is 13.7. The van der Waals surface area contributed by atoms with Gasteiger partial charge in [-0.2, -0.15) is 0 Å². The minimum absolute atomic E-state index is 0.407. The lowest BCUT2D eigenvalue weighted by Gasteiger charge is -2.24. The Morgan fingerprint density at radius 3 is 1.69 bits per heavy atom. The smallest absolute Gasteiger partial charge is 0.102 e. The zero-order valence-corrected chi connectivity index (χ0v) is 25.3. The van der Waals surface area contributed by atoms with Crippen LogP contribution in [0.5, 0.6) is 0 Å². The first-order valence-corrected chi connectivity index (χ1v) is 19.0. The Bertz CT molecular complexity index is 1750. The molecule has 0 saturated carbocycles. The summed E-state index contributed by atoms with van der Waals surface area (Å²) in [7, 11) is -1.77. The highest BCUT2D eigenvalue weighted by Gasteiger charge is 2.28. The summed E-state index contributed by atoms with van der Waals surface area (Å²) >= 11 is 1.89. The Morgan fingerprint density at radius 1 is 0.564 bits per heavy atom. The van der Waals surface area contributed by atoms with Gasteiger partial charge >= 0.3 is 0 Å². The van der Waals surface area contributed by atoms with Gasteiger partial charge in [0.15, 0.2) is 0 Å². The molecule has 6 aromatic carbocycles. The summed E-state index contributed by atoms with van der Waals surface area (Å²) in [6, 6.07) is 46.0. The fraction of sp³-hybridized carbons (Fsp3) is 0.111. The Morgan fingerprint density at radius 2 is 1.08 bits per heavy atom. The third-order valence-electron chi connectivity index (χ3n) is 8.35. The minimum Gasteiger partial charge on any atom is -0.130 e. The van der Waals surface area contributed by atoms with E-state index in [1.807, 2.05) is 11.8 Å². The third kappa shape index (κ3) is 4.36. The fourth-order valence-electron chi connectivity index (χ4n) is 6.46. The number of hydrogen-bond acceptors (Lipinski definition) is 1. The summed E-state index contributed by atoms with van der Waals surface area (Å²) in [5.74, 6) is 0. The zero-order valence-electron chi connectivity index (χ0n) is 22.4. The average molecular weight is 555 g/mol. The molecule has 0 aliphatic carbocycles. The van der Waals surface area contributed by atoms with Crippen molar-refractivity contribution in [2.45, 2.75) is 23.8 Å². The second-order valence-corrected chi connectivity index (χ2v) is 16.2. The largest absolute Gasteiger partial charge is 0.130 e. The molecular weight excluding hydrogens is 524 g/mol. The van der Waals surface area contributed by atoms with Crippen molar-refractivity contribution in [3.8, 4) is 11.1 Å². The van der Waals surface area contributed by atoms with Crippen molar-refractivity contribution in [3.05, 3.63) is 132 Å². The lowest BCUT2D eigenvalue weighted by molar-refractivity contribution is 1.40. The van der Waals surface area contributed by atoms with Crippen LogP contribution in [0.1, 0.15) is 11.1 Å². The van der Waals surface area contributed by atoms with Crippen LogP contribution < -0.4 is 15.7 Å². The molecule has 0 unspecified atom stereocenters. The van der Waals surface area contributed by atoms with E-state index in [1.165, 1.54) is 48.7 Å². The molecule has 7 rings (SSSR count). The zero-order chi connectivity index (χ0) is 26.3. The molecule has 0 spiro atoms. The van der Waals surface area contributed by atoms with E-state index in [4.69, 9.17) is 0 Å². The molecule has 1 atom stereocenters. The van der Waals surface area contributed by atoms with Crippen LogP contribution in [-0.2, 0) is 12.3 Å². The van der Waals surface area contributed by atoms with Crippen LogP contribution in [0.3, 0.4) is 0 Å². The van der Waals surface area contributed by atoms with Crippen LogP contribution in [0.25, 0.3) is 32.7 Å². The van der Waals surface area contributed by atoms with Gasteiger partial charge in [-0.3, -0.25) is 0 Å². The van der Waals surface area contributed by atoms with Crippen LogP contribution in [0, 0.1) is 0 Å². The number of benzene rings is 6. The lowest BCUT2D eigenvalue weighted by Crippen LogP contribution is -2.46. The predicted molar refractivity (Wildman–Crippen MR) is 178 cm³/mol. The Labute approximate surface area is 238 Å². The molecule has 1 aliphatic rings. The van der Waals surface area contributed by atoms with Crippen molar-refractivity contribution in [1.82, 2.24) is 0 Å². The number of fused-ring (bicyclic) bond motifs is 7. The van der Waals surface area contributed by atoms with Crippen molar-refractivity contribution in [2.75, 3.05) is 6.26 Å². The van der Waals surface area contributed by atoms with Crippen molar-refractivity contribution < 1.29 is 0 Å². The Kier molecular flexibility index (Phi) is 6.65. The lowest BCUT2D eigenvalue weighted by atomic mass is 9.88. The molecule has 39 heavy (non-hydrogen) atoms. The van der Waals surface area contributed by atoms with Gasteiger partial charge in [0, 0.05) is 4.90 Å². The normalized spacial score (nSPS) is 14.1. The van der Waals surface area contributed by atoms with Crippen molar-refractivity contribution in [2.24, 2.45) is 0 Å². The van der Waals surface area contributed by atoms with Gasteiger partial charge in [-0.1, -0.05) is 135 Å². The topological polar surface area (TPSA) is 0 Å². The van der Waals surface area contributed by atoms with Crippen LogP contribution >= 0.6 is 19.7 Å². The van der Waals surface area contributed by atoms with Gasteiger partial charge in [-0.25, -0.2) is 0 Å². The molecule has 0 bridgehead atoms. The third-order valence-corrected chi connectivity index (χ3v) is 15.0. The summed E-state index contributed by atoms with van der Waals surface area (Å²) in [6.45, 7) is 2.53. The van der Waals surface area contributed by atoms with Gasteiger partial charge in [0.05, 0.1) is 0 Å². The van der Waals surface area contributed by atoms with Crippen LogP contribution in [-0.4, -0.2) is 15.1 Å². The van der Waals surface area contributed by atoms with Gasteiger partial charge in [-0.15, -0.1) is 11.8 Å². The molecular formula is C36H31PSSi. The van der Waals surface area contributed by atoms with Gasteiger partial charge < -0.3 is 0 Å². The second kappa shape index (κ2) is 10.4. The number of thioether (sulfide) groups is 1. The summed E-state index contributed by atoms with van der Waals surface area (Å²) in [5, 5.41) is 10.2. The van der Waals surface area contributed by atoms with E-state index in [-0.39, 0.29) is 0 Å². The van der Waals surface area contributed by atoms with E-state index < -0.39 is 16.7 Å². The van der Waals surface area contributed by atoms with E-state index in [2.05, 4.69) is 134 Å². The molecule has 3 heteroatoms. The monoisotopic (exact) mass is 554 g/mol. The molecule has 0 nitrogen and oxygen atoms in total. The van der Waals surface area contributed by atoms with E-state index >= 15 is 0 Å². The molecule has 1 aliphatic heterocycles. The van der Waals surface area contributed by atoms with E-state index in [0.29, 0.717) is 0 Å². The van der Waals surface area contributed by atoms with E-state index in [9.17, 15) is 0 Å². The molecule has 0 saturated heterocycles. The first kappa shape index (κ1) is 24.8. The summed E-state index contributed by atoms with van der Waals surface area (Å²) in [4.78, 5) is 1.44. The maximum absolute atomic E-state index is 2.53. The molecule has 0 aromatic heterocycles. The fourth-order valence-corrected chi connectivity index (χ4v) is 13.7. The van der Waals surface area contributed by atoms with Gasteiger partial charge in [0.25, 0.3) is 0 Å². The summed E-state index contributed by atoms with van der Waals surface area (Å²) in [5.41, 5.74) is 5.92. The van der Waals surface area contributed by atoms with Crippen LogP contribution in [0.2, 0.25) is 6.55 Å². The first-order chi connectivity index (χ1) is 19.2. The molecule has 0 N–H and O–H groups in total. The minimum atomic E-state index is -1.36. The molecule has 6 aromatic rings. The van der Waals surface area contributed by atoms with Crippen molar-refractivity contribution in [3.63, 3.8) is 0 Å². The standard InChI is InChI=1S/C36H31PSSi/c1-38-32-16-8-10-18-34(32)39(2)33-17-9-7-15-31(33)37-23-27-21-19-25-11-3-5-13-29(25)35(27)36-28(24-37)22-20-26-12-4-6-14-30(26)36/h3-22,39H,23-24H2,1-2H3/t39-/m0/s1. The van der Waals surface area contributed by atoms with Gasteiger partial charge in [-0.05, 0) is 78.9 Å². The SMILES string of the molecule is CSc1ccccc1[Si@@H](C)c1ccccc1P1Cc2ccc3ccccc3c2-c2c(ccc3ccccc23)C1. The van der Waals surface area contributed by atoms with Crippen LogP contribution in [0.4, 0.5) is 0 Å². The highest BCUT2D eigenvalue weighted by Crippen LogP contribution is 2.52. The van der Waals surface area contributed by atoms with Gasteiger partial charge in [0.2, 0.25) is 0 Å². The van der Waals surface area contributed by atoms with Crippen molar-refractivity contribution >= 4 is 65.7 Å². The number of hydrogen-bond donors (Lipinski definition) is 0. The molecule has 1 heterocycles. The van der Waals surface area contributed by atoms with Crippen LogP contribution in [0.15, 0.2) is 126 Å². The molecule has 190 valence electrons. The maximum Gasteiger partial charge on any atom is 0.102 e. The maximum atomic E-state index is 2.53. The van der Waals surface area contributed by atoms with E-state index in [0.717, 1.165) is 12.3 Å². The van der Waals surface area contributed by atoms with Crippen molar-refractivity contribution in [1.29, 1.82) is 0 Å². The highest BCUT2D eigenvalue weighted by molar-refractivity contribution is 7.98. The highest BCUT2D eigenvalue weighted by atomic mass is 32.2. The van der Waals surface area contributed by atoms with E-state index in [1.54, 1.807) is 15.7 Å². The Hall–Kier alpha value is -3.16. The molecule has 0 radical (unpaired) electrons. The second-order valence-electron chi connectivity index (χ2n) is 10.5. The quantitative estimate of drug-likeness (QED) is 0.120. The van der Waals surface area contributed by atoms with Gasteiger partial charge in [0.1, 0.15) is 8.80 Å². The Balaban J connectivity index is 1.44.